The predicted octanol–water partition coefficient (Wildman–Crippen LogP) is 2.14. The van der Waals surface area contributed by atoms with Crippen LogP contribution in [0.3, 0.4) is 0 Å². The molecule has 0 bridgehead atoms. The van der Waals surface area contributed by atoms with E-state index in [9.17, 15) is 19.2 Å². The van der Waals surface area contributed by atoms with E-state index in [0.717, 1.165) is 25.7 Å². The van der Waals surface area contributed by atoms with Gasteiger partial charge in [0.1, 0.15) is 5.54 Å². The molecule has 0 aromatic carbocycles. The van der Waals surface area contributed by atoms with Gasteiger partial charge in [-0.2, -0.15) is 0 Å². The highest BCUT2D eigenvalue weighted by Crippen LogP contribution is 2.29. The van der Waals surface area contributed by atoms with E-state index in [1.165, 1.54) is 0 Å². The fraction of sp³-hybridized carbons (Fsp3) is 0.833. The molecule has 1 saturated heterocycles. The molecule has 9 heteroatoms. The molecule has 9 nitrogen and oxygen atoms in total. The lowest BCUT2D eigenvalue weighted by atomic mass is 9.80. The molecule has 0 unspecified atom stereocenters. The molecular weight excluding hydrogens is 424 g/mol. The van der Waals surface area contributed by atoms with Crippen LogP contribution in [0.15, 0.2) is 0 Å². The van der Waals surface area contributed by atoms with Gasteiger partial charge in [-0.05, 0) is 24.7 Å². The molecule has 1 aliphatic heterocycles. The fourth-order valence-electron chi connectivity index (χ4n) is 4.18. The van der Waals surface area contributed by atoms with Gasteiger partial charge in [0, 0.05) is 19.6 Å². The van der Waals surface area contributed by atoms with Crippen molar-refractivity contribution >= 4 is 23.6 Å². The van der Waals surface area contributed by atoms with Crippen LogP contribution >= 0.6 is 0 Å². The van der Waals surface area contributed by atoms with E-state index in [-0.39, 0.29) is 17.4 Å². The molecule has 1 heterocycles. The molecule has 1 saturated carbocycles. The minimum absolute atomic E-state index is 0.159. The Bertz CT molecular complexity index is 691. The number of Topliss-reactive ketones (excluding diaryl/α,β-unsaturated/α-hetero) is 1. The second kappa shape index (κ2) is 12.3. The molecule has 0 aromatic rings. The van der Waals surface area contributed by atoms with E-state index in [2.05, 4.69) is 16.0 Å². The Hall–Kier alpha value is -2.16. The van der Waals surface area contributed by atoms with Crippen molar-refractivity contribution in [3.63, 3.8) is 0 Å². The summed E-state index contributed by atoms with van der Waals surface area (Å²) in [4.78, 5) is 53.5. The fourth-order valence-corrected chi connectivity index (χ4v) is 4.18. The first-order valence-corrected chi connectivity index (χ1v) is 12.4. The van der Waals surface area contributed by atoms with Crippen molar-refractivity contribution in [2.45, 2.75) is 90.6 Å². The second-order valence-corrected chi connectivity index (χ2v) is 10.4. The monoisotopic (exact) mass is 466 g/mol. The Morgan fingerprint density at radius 3 is 2.24 bits per heavy atom. The van der Waals surface area contributed by atoms with Gasteiger partial charge in [0.15, 0.2) is 0 Å². The number of hydrogen-bond acceptors (Lipinski definition) is 5. The van der Waals surface area contributed by atoms with Crippen molar-refractivity contribution < 1.29 is 23.9 Å². The number of nitrogens with one attached hydrogen (secondary N) is 3. The molecule has 0 radical (unpaired) electrons. The van der Waals surface area contributed by atoms with E-state index in [0.29, 0.717) is 58.5 Å². The number of rotatable bonds is 9. The number of ether oxygens (including phenoxy) is 1. The number of urea groups is 1. The van der Waals surface area contributed by atoms with Crippen molar-refractivity contribution in [2.24, 2.45) is 5.41 Å². The van der Waals surface area contributed by atoms with Crippen LogP contribution < -0.4 is 16.0 Å². The number of hydrogen-bond donors (Lipinski definition) is 3. The molecule has 188 valence electrons. The summed E-state index contributed by atoms with van der Waals surface area (Å²) in [5, 5.41) is 8.51. The lowest BCUT2D eigenvalue weighted by molar-refractivity contribution is -0.141. The van der Waals surface area contributed by atoms with Gasteiger partial charge in [-0.1, -0.05) is 59.8 Å². The number of amides is 4. The maximum Gasteiger partial charge on any atom is 0.318 e. The first-order valence-electron chi connectivity index (χ1n) is 12.4. The van der Waals surface area contributed by atoms with Gasteiger partial charge in [0.2, 0.25) is 11.7 Å². The molecule has 1 aliphatic carbocycles. The summed E-state index contributed by atoms with van der Waals surface area (Å²) in [6, 6.07) is -1.19. The Morgan fingerprint density at radius 2 is 1.67 bits per heavy atom. The third-order valence-corrected chi connectivity index (χ3v) is 6.26. The zero-order chi connectivity index (χ0) is 24.5. The number of nitrogens with zero attached hydrogens (tertiary/aromatic N) is 1. The van der Waals surface area contributed by atoms with Crippen molar-refractivity contribution in [1.82, 2.24) is 20.9 Å². The van der Waals surface area contributed by atoms with Crippen LogP contribution in [0.4, 0.5) is 4.79 Å². The summed E-state index contributed by atoms with van der Waals surface area (Å²) in [6.07, 6.45) is 5.58. The molecule has 2 rings (SSSR count). The molecule has 0 aromatic heterocycles. The van der Waals surface area contributed by atoms with Crippen molar-refractivity contribution in [2.75, 3.05) is 32.8 Å². The topological polar surface area (TPSA) is 117 Å². The molecule has 0 spiro atoms. The van der Waals surface area contributed by atoms with E-state index in [4.69, 9.17) is 4.74 Å². The normalized spacial score (nSPS) is 19.3. The third-order valence-electron chi connectivity index (χ3n) is 6.26. The van der Waals surface area contributed by atoms with Crippen molar-refractivity contribution in [3.05, 3.63) is 0 Å². The number of morpholine rings is 1. The average molecular weight is 467 g/mol. The average Bonchev–Trinajstić information content (AvgIpc) is 2.80. The van der Waals surface area contributed by atoms with Crippen LogP contribution in [-0.4, -0.2) is 73.0 Å². The second-order valence-electron chi connectivity index (χ2n) is 10.4. The summed E-state index contributed by atoms with van der Waals surface area (Å²) >= 11 is 0. The van der Waals surface area contributed by atoms with Crippen molar-refractivity contribution in [1.29, 1.82) is 0 Å². The number of ketones is 1. The zero-order valence-electron chi connectivity index (χ0n) is 20.8. The van der Waals surface area contributed by atoms with Crippen LogP contribution in [-0.2, 0) is 19.1 Å². The quantitative estimate of drug-likeness (QED) is 0.450. The highest BCUT2D eigenvalue weighted by molar-refractivity contribution is 6.38. The van der Waals surface area contributed by atoms with Crippen LogP contribution in [0.5, 0.6) is 0 Å². The van der Waals surface area contributed by atoms with Gasteiger partial charge in [-0.25, -0.2) is 4.79 Å². The molecule has 2 fully saturated rings. The summed E-state index contributed by atoms with van der Waals surface area (Å²) in [5.74, 6) is -1.69. The van der Waals surface area contributed by atoms with Crippen LogP contribution in [0.25, 0.3) is 0 Å². The van der Waals surface area contributed by atoms with Crippen LogP contribution in [0.1, 0.15) is 79.1 Å². The highest BCUT2D eigenvalue weighted by atomic mass is 16.5. The maximum atomic E-state index is 13.5. The molecule has 2 aliphatic rings. The summed E-state index contributed by atoms with van der Waals surface area (Å²) < 4.78 is 5.32. The molecule has 1 atom stereocenters. The Kier molecular flexibility index (Phi) is 10.1. The van der Waals surface area contributed by atoms with Crippen LogP contribution in [0, 0.1) is 5.41 Å². The van der Waals surface area contributed by atoms with Gasteiger partial charge in [0.25, 0.3) is 5.91 Å². The van der Waals surface area contributed by atoms with Gasteiger partial charge in [-0.15, -0.1) is 0 Å². The predicted molar refractivity (Wildman–Crippen MR) is 126 cm³/mol. The van der Waals surface area contributed by atoms with E-state index in [1.54, 1.807) is 4.90 Å². The smallest absolute Gasteiger partial charge is 0.318 e. The van der Waals surface area contributed by atoms with E-state index in [1.807, 2.05) is 27.7 Å². The number of carbonyl (C=O) groups is 4. The SMILES string of the molecule is CCCC[C@H](NC(=O)C1(NC(=O)N2CCOCC2)CCCCC1)C(=O)C(=O)NCC(C)(C)C. The van der Waals surface area contributed by atoms with Crippen molar-refractivity contribution in [3.8, 4) is 0 Å². The highest BCUT2D eigenvalue weighted by Gasteiger charge is 2.43. The molecular formula is C24H42N4O5. The first kappa shape index (κ1) is 27.1. The number of carbonyl (C=O) groups excluding carboxylic acids is 4. The maximum absolute atomic E-state index is 13.5. The largest absolute Gasteiger partial charge is 0.378 e. The molecule has 4 amide bonds. The Morgan fingerprint density at radius 1 is 1.03 bits per heavy atom. The lowest BCUT2D eigenvalue weighted by Gasteiger charge is -2.39. The minimum atomic E-state index is -1.07. The van der Waals surface area contributed by atoms with Crippen LogP contribution in [0.2, 0.25) is 0 Å². The van der Waals surface area contributed by atoms with E-state index < -0.39 is 23.3 Å². The Labute approximate surface area is 197 Å². The van der Waals surface area contributed by atoms with E-state index >= 15 is 0 Å². The zero-order valence-corrected chi connectivity index (χ0v) is 20.8. The number of unbranched alkanes of at least 4 members (excludes halogenated alkanes) is 1. The first-order chi connectivity index (χ1) is 15.6. The summed E-state index contributed by atoms with van der Waals surface area (Å²) in [5.41, 5.74) is -1.23. The van der Waals surface area contributed by atoms with Gasteiger partial charge >= 0.3 is 6.03 Å². The molecule has 33 heavy (non-hydrogen) atoms. The summed E-state index contributed by atoms with van der Waals surface area (Å²) in [6.45, 7) is 10.2. The lowest BCUT2D eigenvalue weighted by Crippen LogP contribution is -2.64. The third kappa shape index (κ3) is 8.28. The minimum Gasteiger partial charge on any atom is -0.378 e. The van der Waals surface area contributed by atoms with Gasteiger partial charge in [-0.3, -0.25) is 14.4 Å². The van der Waals surface area contributed by atoms with Gasteiger partial charge < -0.3 is 25.6 Å². The summed E-state index contributed by atoms with van der Waals surface area (Å²) in [7, 11) is 0. The standard InChI is InChI=1S/C24H42N4O5/c1-5-6-10-18(19(29)20(30)25-17-23(2,3)4)26-21(31)24(11-8-7-9-12-24)27-22(32)28-13-15-33-16-14-28/h18H,5-17H2,1-4H3,(H,25,30)(H,26,31)(H,27,32)/t18-/m0/s1. The van der Waals surface area contributed by atoms with Gasteiger partial charge in [0.05, 0.1) is 19.3 Å². The Balaban J connectivity index is 2.12. The molecule has 3 N–H and O–H groups in total.